The second kappa shape index (κ2) is 6.43. The maximum Gasteiger partial charge on any atom is 0.357 e. The van der Waals surface area contributed by atoms with Crippen molar-refractivity contribution in [2.75, 3.05) is 6.61 Å². The van der Waals surface area contributed by atoms with Crippen LogP contribution in [0.15, 0.2) is 24.4 Å². The highest BCUT2D eigenvalue weighted by molar-refractivity contribution is 5.89. The lowest BCUT2D eigenvalue weighted by molar-refractivity contribution is -0.128. The summed E-state index contributed by atoms with van der Waals surface area (Å²) in [4.78, 5) is 28.1. The molecular weight excluding hydrogens is 316 g/mol. The third kappa shape index (κ3) is 3.29. The van der Waals surface area contributed by atoms with Gasteiger partial charge in [0, 0.05) is 12.2 Å². The van der Waals surface area contributed by atoms with Crippen molar-refractivity contribution < 1.29 is 14.3 Å². The van der Waals surface area contributed by atoms with E-state index in [2.05, 4.69) is 17.2 Å². The van der Waals surface area contributed by atoms with Crippen LogP contribution in [-0.2, 0) is 9.53 Å². The van der Waals surface area contributed by atoms with Crippen LogP contribution >= 0.6 is 0 Å². The molecule has 1 heterocycles. The minimum Gasteiger partial charge on any atom is -0.451 e. The quantitative estimate of drug-likeness (QED) is 0.835. The molecule has 0 aliphatic heterocycles. The molecule has 4 bridgehead atoms. The van der Waals surface area contributed by atoms with Gasteiger partial charge >= 0.3 is 5.97 Å². The topological polar surface area (TPSA) is 68.3 Å². The van der Waals surface area contributed by atoms with E-state index in [1.807, 2.05) is 0 Å². The third-order valence-corrected chi connectivity index (χ3v) is 6.59. The predicted molar refractivity (Wildman–Crippen MR) is 92.7 cm³/mol. The molecule has 134 valence electrons. The fourth-order valence-corrected chi connectivity index (χ4v) is 5.83. The largest absolute Gasteiger partial charge is 0.451 e. The number of hydrogen-bond donors (Lipinski definition) is 1. The Labute approximate surface area is 148 Å². The maximum absolute atomic E-state index is 12.3. The van der Waals surface area contributed by atoms with Crippen LogP contribution in [0, 0.1) is 23.2 Å². The highest BCUT2D eigenvalue weighted by Crippen LogP contribution is 2.61. The van der Waals surface area contributed by atoms with Gasteiger partial charge in [-0.3, -0.25) is 4.79 Å². The number of carbonyl (C=O) groups is 2. The summed E-state index contributed by atoms with van der Waals surface area (Å²) in [7, 11) is 0. The van der Waals surface area contributed by atoms with E-state index < -0.39 is 5.97 Å². The zero-order valence-corrected chi connectivity index (χ0v) is 14.7. The van der Waals surface area contributed by atoms with Gasteiger partial charge < -0.3 is 10.1 Å². The van der Waals surface area contributed by atoms with Gasteiger partial charge in [-0.2, -0.15) is 0 Å². The van der Waals surface area contributed by atoms with Gasteiger partial charge in [0.05, 0.1) is 0 Å². The number of aromatic nitrogens is 1. The minimum atomic E-state index is -0.557. The molecule has 1 amide bonds. The fourth-order valence-electron chi connectivity index (χ4n) is 5.83. The number of ether oxygens (including phenoxy) is 1. The van der Waals surface area contributed by atoms with E-state index in [-0.39, 0.29) is 29.7 Å². The van der Waals surface area contributed by atoms with Gasteiger partial charge in [0.25, 0.3) is 5.91 Å². The normalized spacial score (nSPS) is 33.7. The second-order valence-corrected chi connectivity index (χ2v) is 8.36. The summed E-state index contributed by atoms with van der Waals surface area (Å²) in [5.41, 5.74) is 0.486. The summed E-state index contributed by atoms with van der Waals surface area (Å²) in [6.07, 6.45) is 9.44. The van der Waals surface area contributed by atoms with Gasteiger partial charge in [0.15, 0.2) is 6.61 Å². The van der Waals surface area contributed by atoms with Gasteiger partial charge in [-0.25, -0.2) is 9.78 Å². The van der Waals surface area contributed by atoms with Crippen LogP contribution in [0.1, 0.15) is 55.9 Å². The Kier molecular flexibility index (Phi) is 4.26. The lowest BCUT2D eigenvalue weighted by atomic mass is 9.48. The van der Waals surface area contributed by atoms with Crippen molar-refractivity contribution in [1.82, 2.24) is 10.3 Å². The first-order chi connectivity index (χ1) is 12.0. The second-order valence-electron chi connectivity index (χ2n) is 8.36. The SMILES string of the molecule is C[C@@H](NC(=O)COC(=O)c1ccccn1)C12CC3CC(CC(C3)C1)C2. The van der Waals surface area contributed by atoms with Gasteiger partial charge in [0.2, 0.25) is 0 Å². The van der Waals surface area contributed by atoms with Crippen molar-refractivity contribution in [2.24, 2.45) is 23.2 Å². The fraction of sp³-hybridized carbons (Fsp3) is 0.650. The zero-order chi connectivity index (χ0) is 17.4. The number of hydrogen-bond acceptors (Lipinski definition) is 4. The molecule has 1 N–H and O–H groups in total. The standard InChI is InChI=1S/C20H26N2O3/c1-13(20-9-14-6-15(10-20)8-16(7-14)11-20)22-18(23)12-25-19(24)17-4-2-3-5-21-17/h2-5,13-16H,6-12H2,1H3,(H,22,23)/t13-,14?,15?,16?,20?/m1/s1. The molecule has 1 aromatic heterocycles. The molecule has 5 heteroatoms. The summed E-state index contributed by atoms with van der Waals surface area (Å²) in [6, 6.07) is 5.18. The van der Waals surface area contributed by atoms with E-state index in [0.29, 0.717) is 0 Å². The number of nitrogens with one attached hydrogen (secondary N) is 1. The van der Waals surface area contributed by atoms with Crippen molar-refractivity contribution in [2.45, 2.75) is 51.5 Å². The monoisotopic (exact) mass is 342 g/mol. The molecule has 0 saturated heterocycles. The highest BCUT2D eigenvalue weighted by Gasteiger charge is 2.53. The molecule has 1 atom stereocenters. The molecular formula is C20H26N2O3. The Hall–Kier alpha value is -1.91. The molecule has 0 aromatic carbocycles. The Morgan fingerprint density at radius 1 is 1.20 bits per heavy atom. The lowest BCUT2D eigenvalue weighted by Gasteiger charge is -2.59. The van der Waals surface area contributed by atoms with Crippen LogP contribution < -0.4 is 5.32 Å². The molecule has 0 unspecified atom stereocenters. The van der Waals surface area contributed by atoms with Crippen LogP contribution in [-0.4, -0.2) is 29.5 Å². The number of nitrogens with zero attached hydrogens (tertiary/aromatic N) is 1. The Balaban J connectivity index is 1.31. The lowest BCUT2D eigenvalue weighted by Crippen LogP contribution is -2.56. The van der Waals surface area contributed by atoms with E-state index in [1.165, 1.54) is 44.7 Å². The van der Waals surface area contributed by atoms with Crippen LogP contribution in [0.5, 0.6) is 0 Å². The summed E-state index contributed by atoms with van der Waals surface area (Å²) >= 11 is 0. The third-order valence-electron chi connectivity index (χ3n) is 6.59. The summed E-state index contributed by atoms with van der Waals surface area (Å²) < 4.78 is 5.10. The van der Waals surface area contributed by atoms with Gasteiger partial charge in [-0.05, 0) is 80.8 Å². The van der Waals surface area contributed by atoms with Crippen LogP contribution in [0.2, 0.25) is 0 Å². The molecule has 4 aliphatic rings. The first-order valence-electron chi connectivity index (χ1n) is 9.41. The molecule has 5 nitrogen and oxygen atoms in total. The summed E-state index contributed by atoms with van der Waals surface area (Å²) in [5, 5.41) is 3.11. The predicted octanol–water partition coefficient (Wildman–Crippen LogP) is 2.96. The van der Waals surface area contributed by atoms with Crippen molar-refractivity contribution in [3.05, 3.63) is 30.1 Å². The highest BCUT2D eigenvalue weighted by atomic mass is 16.5. The average molecular weight is 342 g/mol. The molecule has 4 fully saturated rings. The summed E-state index contributed by atoms with van der Waals surface area (Å²) in [6.45, 7) is 1.89. The Morgan fingerprint density at radius 2 is 1.84 bits per heavy atom. The number of pyridine rings is 1. The van der Waals surface area contributed by atoms with Crippen molar-refractivity contribution >= 4 is 11.9 Å². The van der Waals surface area contributed by atoms with Gasteiger partial charge in [0.1, 0.15) is 5.69 Å². The molecule has 0 radical (unpaired) electrons. The molecule has 1 aromatic rings. The maximum atomic E-state index is 12.3. The van der Waals surface area contributed by atoms with E-state index in [9.17, 15) is 9.59 Å². The van der Waals surface area contributed by atoms with Gasteiger partial charge in [-0.1, -0.05) is 6.07 Å². The Bertz CT molecular complexity index is 623. The van der Waals surface area contributed by atoms with E-state index in [0.717, 1.165) is 17.8 Å². The van der Waals surface area contributed by atoms with E-state index in [4.69, 9.17) is 4.74 Å². The first-order valence-corrected chi connectivity index (χ1v) is 9.41. The van der Waals surface area contributed by atoms with Gasteiger partial charge in [-0.15, -0.1) is 0 Å². The van der Waals surface area contributed by atoms with Crippen LogP contribution in [0.3, 0.4) is 0 Å². The van der Waals surface area contributed by atoms with E-state index >= 15 is 0 Å². The zero-order valence-electron chi connectivity index (χ0n) is 14.7. The Morgan fingerprint density at radius 3 is 2.40 bits per heavy atom. The number of carbonyl (C=O) groups excluding carboxylic acids is 2. The first kappa shape index (κ1) is 16.6. The number of amides is 1. The average Bonchev–Trinajstić information content (AvgIpc) is 2.59. The smallest absolute Gasteiger partial charge is 0.357 e. The van der Waals surface area contributed by atoms with Crippen molar-refractivity contribution in [1.29, 1.82) is 0 Å². The number of rotatable bonds is 5. The van der Waals surface area contributed by atoms with Crippen molar-refractivity contribution in [3.8, 4) is 0 Å². The molecule has 4 saturated carbocycles. The summed E-state index contributed by atoms with van der Waals surface area (Å²) in [5.74, 6) is 1.79. The minimum absolute atomic E-state index is 0.141. The molecule has 5 rings (SSSR count). The van der Waals surface area contributed by atoms with Crippen LogP contribution in [0.4, 0.5) is 0 Å². The molecule has 0 spiro atoms. The van der Waals surface area contributed by atoms with E-state index in [1.54, 1.807) is 18.2 Å². The molecule has 4 aliphatic carbocycles. The van der Waals surface area contributed by atoms with Crippen molar-refractivity contribution in [3.63, 3.8) is 0 Å². The number of esters is 1. The van der Waals surface area contributed by atoms with Crippen LogP contribution in [0.25, 0.3) is 0 Å². The molecule has 25 heavy (non-hydrogen) atoms.